The van der Waals surface area contributed by atoms with E-state index >= 15 is 0 Å². The zero-order chi connectivity index (χ0) is 7.56. The molecule has 0 aliphatic carbocycles. The van der Waals surface area contributed by atoms with Crippen molar-refractivity contribution in [3.63, 3.8) is 0 Å². The Morgan fingerprint density at radius 1 is 1.40 bits per heavy atom. The molecule has 1 rings (SSSR count). The molecule has 0 aliphatic heterocycles. The fourth-order valence-electron chi connectivity index (χ4n) is 0.642. The Balaban J connectivity index is 3.01. The average molecular weight is 304 g/mol. The summed E-state index contributed by atoms with van der Waals surface area (Å²) < 4.78 is 0.895. The van der Waals surface area contributed by atoms with E-state index < -0.39 is 0 Å². The molecular formula is C6H5Br2ClS. The zero-order valence-electron chi connectivity index (χ0n) is 5.03. The minimum absolute atomic E-state index is 0.844. The number of hydrogen-bond acceptors (Lipinski definition) is 1. The molecule has 4 heteroatoms. The summed E-state index contributed by atoms with van der Waals surface area (Å²) >= 11 is 14.2. The smallest absolute Gasteiger partial charge is 0.0972 e. The van der Waals surface area contributed by atoms with Crippen molar-refractivity contribution in [3.05, 3.63) is 20.8 Å². The lowest BCUT2D eigenvalue weighted by molar-refractivity contribution is 1.36. The molecule has 0 aromatic carbocycles. The van der Waals surface area contributed by atoms with E-state index in [2.05, 4.69) is 37.2 Å². The van der Waals surface area contributed by atoms with E-state index in [9.17, 15) is 0 Å². The third-order valence-electron chi connectivity index (χ3n) is 1.21. The van der Waals surface area contributed by atoms with Crippen molar-refractivity contribution in [1.29, 1.82) is 0 Å². The van der Waals surface area contributed by atoms with Gasteiger partial charge in [0.15, 0.2) is 0 Å². The van der Waals surface area contributed by atoms with E-state index in [1.165, 1.54) is 11.1 Å². The Labute approximate surface area is 85.8 Å². The first kappa shape index (κ1) is 9.04. The van der Waals surface area contributed by atoms with Gasteiger partial charge in [-0.1, -0.05) is 43.5 Å². The quantitative estimate of drug-likeness (QED) is 0.719. The predicted octanol–water partition coefficient (Wildman–Crippen LogP) is 4.19. The van der Waals surface area contributed by atoms with Crippen molar-refractivity contribution in [1.82, 2.24) is 0 Å². The van der Waals surface area contributed by atoms with Crippen LogP contribution in [0.5, 0.6) is 0 Å². The molecule has 0 saturated carbocycles. The Kier molecular flexibility index (Phi) is 3.70. The molecule has 0 saturated heterocycles. The lowest BCUT2D eigenvalue weighted by atomic mass is 10.2. The van der Waals surface area contributed by atoms with E-state index in [1.807, 2.05) is 0 Å². The summed E-state index contributed by atoms with van der Waals surface area (Å²) in [6.45, 7) is 0. The van der Waals surface area contributed by atoms with E-state index in [4.69, 9.17) is 11.6 Å². The lowest BCUT2D eigenvalue weighted by Gasteiger charge is -1.93. The maximum atomic E-state index is 5.89. The molecule has 0 unspecified atom stereocenters. The van der Waals surface area contributed by atoms with Crippen LogP contribution in [-0.4, -0.2) is 0 Å². The summed E-state index contributed by atoms with van der Waals surface area (Å²) in [5.41, 5.74) is 2.50. The van der Waals surface area contributed by atoms with Crippen LogP contribution in [0.15, 0.2) is 5.38 Å². The standard InChI is InChI=1S/C6H5Br2ClS/c7-1-4-3-10-6(9)5(4)2-8/h3H,1-2H2. The highest BCUT2D eigenvalue weighted by Crippen LogP contribution is 2.30. The van der Waals surface area contributed by atoms with Crippen LogP contribution in [0.1, 0.15) is 11.1 Å². The number of hydrogen-bond donors (Lipinski definition) is 0. The van der Waals surface area contributed by atoms with Gasteiger partial charge in [-0.05, 0) is 16.5 Å². The number of thiophene rings is 1. The van der Waals surface area contributed by atoms with Gasteiger partial charge in [0.2, 0.25) is 0 Å². The van der Waals surface area contributed by atoms with E-state index in [-0.39, 0.29) is 0 Å². The monoisotopic (exact) mass is 302 g/mol. The van der Waals surface area contributed by atoms with Gasteiger partial charge in [-0.25, -0.2) is 0 Å². The van der Waals surface area contributed by atoms with Gasteiger partial charge in [-0.15, -0.1) is 11.3 Å². The van der Waals surface area contributed by atoms with Gasteiger partial charge in [0.25, 0.3) is 0 Å². The zero-order valence-corrected chi connectivity index (χ0v) is 9.78. The highest BCUT2D eigenvalue weighted by molar-refractivity contribution is 9.09. The van der Waals surface area contributed by atoms with Crippen LogP contribution in [0.2, 0.25) is 4.34 Å². The molecule has 1 aromatic rings. The van der Waals surface area contributed by atoms with E-state index in [1.54, 1.807) is 11.3 Å². The average Bonchev–Trinajstić information content (AvgIpc) is 2.30. The van der Waals surface area contributed by atoms with Gasteiger partial charge in [0.1, 0.15) is 0 Å². The molecule has 0 nitrogen and oxygen atoms in total. The molecule has 1 heterocycles. The van der Waals surface area contributed by atoms with Gasteiger partial charge >= 0.3 is 0 Å². The van der Waals surface area contributed by atoms with Crippen molar-refractivity contribution < 1.29 is 0 Å². The SMILES string of the molecule is Clc1scc(CBr)c1CBr. The van der Waals surface area contributed by atoms with Gasteiger partial charge in [-0.2, -0.15) is 0 Å². The van der Waals surface area contributed by atoms with Crippen LogP contribution in [-0.2, 0) is 10.7 Å². The highest BCUT2D eigenvalue weighted by Gasteiger charge is 2.06. The number of alkyl halides is 2. The Morgan fingerprint density at radius 2 is 2.10 bits per heavy atom. The molecule has 10 heavy (non-hydrogen) atoms. The summed E-state index contributed by atoms with van der Waals surface area (Å²) in [6, 6.07) is 0. The van der Waals surface area contributed by atoms with Crippen molar-refractivity contribution in [2.75, 3.05) is 0 Å². The Morgan fingerprint density at radius 3 is 2.50 bits per heavy atom. The number of halogens is 3. The minimum atomic E-state index is 0.844. The minimum Gasteiger partial charge on any atom is -0.131 e. The molecule has 0 atom stereocenters. The predicted molar refractivity (Wildman–Crippen MR) is 54.6 cm³/mol. The Bertz CT molecular complexity index is 222. The summed E-state index contributed by atoms with van der Waals surface area (Å²) in [5.74, 6) is 0. The molecular weight excluding hydrogens is 299 g/mol. The topological polar surface area (TPSA) is 0 Å². The largest absolute Gasteiger partial charge is 0.131 e. The normalized spacial score (nSPS) is 10.3. The molecule has 0 fully saturated rings. The molecule has 0 N–H and O–H groups in total. The van der Waals surface area contributed by atoms with E-state index in [0.717, 1.165) is 15.0 Å². The van der Waals surface area contributed by atoms with Crippen LogP contribution >= 0.6 is 54.8 Å². The van der Waals surface area contributed by atoms with Crippen LogP contribution < -0.4 is 0 Å². The fourth-order valence-corrected chi connectivity index (χ4v) is 3.48. The van der Waals surface area contributed by atoms with Crippen molar-refractivity contribution in [3.8, 4) is 0 Å². The highest BCUT2D eigenvalue weighted by atomic mass is 79.9. The molecule has 56 valence electrons. The summed E-state index contributed by atoms with van der Waals surface area (Å²) in [5, 5.41) is 3.81. The maximum absolute atomic E-state index is 5.89. The Hall–Kier alpha value is 0.950. The summed E-state index contributed by atoms with van der Waals surface area (Å²) in [4.78, 5) is 0. The first-order valence-corrected chi connectivity index (χ1v) is 6.16. The van der Waals surface area contributed by atoms with Crippen molar-refractivity contribution in [2.24, 2.45) is 0 Å². The van der Waals surface area contributed by atoms with Gasteiger partial charge in [0.05, 0.1) is 4.34 Å². The van der Waals surface area contributed by atoms with Gasteiger partial charge in [-0.3, -0.25) is 0 Å². The molecule has 1 aromatic heterocycles. The van der Waals surface area contributed by atoms with E-state index in [0.29, 0.717) is 0 Å². The first-order chi connectivity index (χ1) is 4.79. The second-order valence-electron chi connectivity index (χ2n) is 1.78. The van der Waals surface area contributed by atoms with Crippen LogP contribution in [0.3, 0.4) is 0 Å². The van der Waals surface area contributed by atoms with Crippen LogP contribution in [0.25, 0.3) is 0 Å². The lowest BCUT2D eigenvalue weighted by Crippen LogP contribution is -1.79. The second kappa shape index (κ2) is 4.10. The molecule has 0 aliphatic rings. The van der Waals surface area contributed by atoms with Crippen molar-refractivity contribution >= 4 is 54.8 Å². The third-order valence-corrected chi connectivity index (χ3v) is 3.72. The van der Waals surface area contributed by atoms with Crippen LogP contribution in [0.4, 0.5) is 0 Å². The first-order valence-electron chi connectivity index (χ1n) is 2.66. The van der Waals surface area contributed by atoms with Gasteiger partial charge in [0, 0.05) is 10.7 Å². The van der Waals surface area contributed by atoms with Crippen LogP contribution in [0, 0.1) is 0 Å². The fraction of sp³-hybridized carbons (Fsp3) is 0.333. The third kappa shape index (κ3) is 1.76. The number of rotatable bonds is 2. The second-order valence-corrected chi connectivity index (χ2v) is 4.38. The molecule has 0 amide bonds. The van der Waals surface area contributed by atoms with Gasteiger partial charge < -0.3 is 0 Å². The molecule has 0 bridgehead atoms. The van der Waals surface area contributed by atoms with Crippen molar-refractivity contribution in [2.45, 2.75) is 10.7 Å². The molecule has 0 spiro atoms. The molecule has 0 radical (unpaired) electrons. The summed E-state index contributed by atoms with van der Waals surface area (Å²) in [6.07, 6.45) is 0. The maximum Gasteiger partial charge on any atom is 0.0972 e. The summed E-state index contributed by atoms with van der Waals surface area (Å²) in [7, 11) is 0.